The Kier molecular flexibility index (Phi) is 6.89. The lowest BCUT2D eigenvalue weighted by atomic mass is 10.0. The van der Waals surface area contributed by atoms with Crippen LogP contribution in [-0.2, 0) is 14.3 Å². The van der Waals surface area contributed by atoms with Crippen LogP contribution in [0.3, 0.4) is 0 Å². The van der Waals surface area contributed by atoms with E-state index in [0.29, 0.717) is 24.7 Å². The number of benzene rings is 1. The Balaban J connectivity index is 0.00000208. The predicted molar refractivity (Wildman–Crippen MR) is 95.5 cm³/mol. The number of halogens is 2. The van der Waals surface area contributed by atoms with Crippen molar-refractivity contribution in [1.29, 1.82) is 0 Å². The first-order chi connectivity index (χ1) is 11.1. The molecule has 24 heavy (non-hydrogen) atoms. The fourth-order valence-corrected chi connectivity index (χ4v) is 3.49. The average Bonchev–Trinajstić information content (AvgIpc) is 3.04. The van der Waals surface area contributed by atoms with E-state index < -0.39 is 0 Å². The molecule has 1 amide bonds. The van der Waals surface area contributed by atoms with Gasteiger partial charge in [0.15, 0.2) is 0 Å². The standard InChI is InChI=1S/C17H23ClN2O3.ClH/c1-11-10-22-16(13-4-2-3-5-14(13)18)9-20(11)17(21)15-7-6-12(8-19)23-15;/h2-5,11-12,15-16H,6-10,19H2,1H3;1H/t11?,12-,15+,16?;/m1./s1. The van der Waals surface area contributed by atoms with Gasteiger partial charge >= 0.3 is 0 Å². The van der Waals surface area contributed by atoms with E-state index >= 15 is 0 Å². The normalized spacial score (nSPS) is 30.0. The van der Waals surface area contributed by atoms with Gasteiger partial charge in [0.25, 0.3) is 5.91 Å². The molecule has 0 radical (unpaired) electrons. The van der Waals surface area contributed by atoms with Crippen LogP contribution in [0, 0.1) is 0 Å². The maximum Gasteiger partial charge on any atom is 0.252 e. The molecule has 0 aromatic heterocycles. The van der Waals surface area contributed by atoms with Crippen molar-refractivity contribution < 1.29 is 14.3 Å². The second kappa shape index (κ2) is 8.50. The second-order valence-electron chi connectivity index (χ2n) is 6.24. The summed E-state index contributed by atoms with van der Waals surface area (Å²) >= 11 is 6.26. The highest BCUT2D eigenvalue weighted by atomic mass is 35.5. The Morgan fingerprint density at radius 1 is 1.38 bits per heavy atom. The van der Waals surface area contributed by atoms with Crippen molar-refractivity contribution in [2.24, 2.45) is 5.73 Å². The van der Waals surface area contributed by atoms with Gasteiger partial charge in [-0.2, -0.15) is 0 Å². The van der Waals surface area contributed by atoms with Gasteiger partial charge in [-0.25, -0.2) is 0 Å². The number of amides is 1. The van der Waals surface area contributed by atoms with Gasteiger partial charge in [0.05, 0.1) is 25.3 Å². The lowest BCUT2D eigenvalue weighted by Crippen LogP contribution is -2.51. The number of nitrogens with zero attached hydrogens (tertiary/aromatic N) is 1. The van der Waals surface area contributed by atoms with E-state index in [1.54, 1.807) is 0 Å². The maximum atomic E-state index is 12.8. The Morgan fingerprint density at radius 2 is 2.12 bits per heavy atom. The molecule has 2 N–H and O–H groups in total. The van der Waals surface area contributed by atoms with Gasteiger partial charge < -0.3 is 20.1 Å². The highest BCUT2D eigenvalue weighted by Crippen LogP contribution is 2.31. The molecule has 0 spiro atoms. The summed E-state index contributed by atoms with van der Waals surface area (Å²) in [6.07, 6.45) is 1.01. The van der Waals surface area contributed by atoms with E-state index in [4.69, 9.17) is 26.8 Å². The molecule has 0 saturated carbocycles. The first kappa shape index (κ1) is 19.5. The Morgan fingerprint density at radius 3 is 2.79 bits per heavy atom. The molecule has 2 aliphatic rings. The van der Waals surface area contributed by atoms with Crippen molar-refractivity contribution in [3.63, 3.8) is 0 Å². The summed E-state index contributed by atoms with van der Waals surface area (Å²) in [7, 11) is 0. The molecule has 5 nitrogen and oxygen atoms in total. The zero-order valence-electron chi connectivity index (χ0n) is 13.7. The molecule has 2 heterocycles. The molecule has 2 fully saturated rings. The minimum absolute atomic E-state index is 0. The highest BCUT2D eigenvalue weighted by Gasteiger charge is 2.38. The molecule has 1 aromatic rings. The molecule has 2 aliphatic heterocycles. The topological polar surface area (TPSA) is 64.8 Å². The SMILES string of the molecule is CC1COC(c2ccccc2Cl)CN1C(=O)[C@@H]1CC[C@H](CN)O1.Cl. The van der Waals surface area contributed by atoms with Crippen molar-refractivity contribution in [3.8, 4) is 0 Å². The number of morpholine rings is 1. The molecular formula is C17H24Cl2N2O3. The van der Waals surface area contributed by atoms with Crippen LogP contribution in [0.1, 0.15) is 31.4 Å². The average molecular weight is 375 g/mol. The van der Waals surface area contributed by atoms with Crippen molar-refractivity contribution >= 4 is 29.9 Å². The predicted octanol–water partition coefficient (Wildman–Crippen LogP) is 2.56. The number of ether oxygens (including phenoxy) is 2. The number of carbonyl (C=O) groups excluding carboxylic acids is 1. The lowest BCUT2D eigenvalue weighted by molar-refractivity contribution is -0.155. The molecule has 2 unspecified atom stereocenters. The molecule has 3 rings (SSSR count). The molecule has 0 bridgehead atoms. The van der Waals surface area contributed by atoms with Crippen molar-refractivity contribution in [1.82, 2.24) is 4.90 Å². The third kappa shape index (κ3) is 4.03. The van der Waals surface area contributed by atoms with Crippen LogP contribution in [0.2, 0.25) is 5.02 Å². The minimum atomic E-state index is -0.379. The number of hydrogen-bond donors (Lipinski definition) is 1. The Labute approximate surface area is 153 Å². The van der Waals surface area contributed by atoms with Crippen LogP contribution in [-0.4, -0.2) is 48.8 Å². The molecule has 134 valence electrons. The van der Waals surface area contributed by atoms with Crippen LogP contribution in [0.25, 0.3) is 0 Å². The van der Waals surface area contributed by atoms with E-state index in [1.165, 1.54) is 0 Å². The van der Waals surface area contributed by atoms with E-state index in [0.717, 1.165) is 18.4 Å². The van der Waals surface area contributed by atoms with E-state index in [1.807, 2.05) is 36.1 Å². The van der Waals surface area contributed by atoms with Crippen molar-refractivity contribution in [2.75, 3.05) is 19.7 Å². The van der Waals surface area contributed by atoms with Crippen LogP contribution in [0.15, 0.2) is 24.3 Å². The van der Waals surface area contributed by atoms with E-state index in [2.05, 4.69) is 0 Å². The molecule has 0 aliphatic carbocycles. The van der Waals surface area contributed by atoms with Crippen LogP contribution in [0.5, 0.6) is 0 Å². The van der Waals surface area contributed by atoms with Crippen molar-refractivity contribution in [3.05, 3.63) is 34.9 Å². The summed E-state index contributed by atoms with van der Waals surface area (Å²) < 4.78 is 11.7. The van der Waals surface area contributed by atoms with Crippen molar-refractivity contribution in [2.45, 2.75) is 44.1 Å². The summed E-state index contributed by atoms with van der Waals surface area (Å²) in [6, 6.07) is 7.64. The number of nitrogens with two attached hydrogens (primary N) is 1. The summed E-state index contributed by atoms with van der Waals surface area (Å²) in [5.41, 5.74) is 6.55. The lowest BCUT2D eigenvalue weighted by Gasteiger charge is -2.39. The van der Waals surface area contributed by atoms with Gasteiger partial charge in [0, 0.05) is 17.1 Å². The van der Waals surface area contributed by atoms with Gasteiger partial charge in [0.1, 0.15) is 12.2 Å². The maximum absolute atomic E-state index is 12.8. The van der Waals surface area contributed by atoms with Crippen LogP contribution >= 0.6 is 24.0 Å². The molecule has 2 saturated heterocycles. The number of rotatable bonds is 3. The number of carbonyl (C=O) groups is 1. The summed E-state index contributed by atoms with van der Waals surface area (Å²) in [5, 5.41) is 0.666. The molecular weight excluding hydrogens is 351 g/mol. The third-order valence-electron chi connectivity index (χ3n) is 4.61. The van der Waals surface area contributed by atoms with E-state index in [-0.39, 0.29) is 42.7 Å². The summed E-state index contributed by atoms with van der Waals surface area (Å²) in [6.45, 7) is 3.45. The van der Waals surface area contributed by atoms with Gasteiger partial charge in [-0.3, -0.25) is 4.79 Å². The molecule has 1 aromatic carbocycles. The molecule has 7 heteroatoms. The second-order valence-corrected chi connectivity index (χ2v) is 6.65. The smallest absolute Gasteiger partial charge is 0.252 e. The summed E-state index contributed by atoms with van der Waals surface area (Å²) in [4.78, 5) is 14.7. The molecule has 4 atom stereocenters. The first-order valence-electron chi connectivity index (χ1n) is 8.12. The first-order valence-corrected chi connectivity index (χ1v) is 8.50. The van der Waals surface area contributed by atoms with Gasteiger partial charge in [-0.05, 0) is 25.8 Å². The van der Waals surface area contributed by atoms with Gasteiger partial charge in [0.2, 0.25) is 0 Å². The quantitative estimate of drug-likeness (QED) is 0.882. The van der Waals surface area contributed by atoms with Crippen LogP contribution in [0.4, 0.5) is 0 Å². The monoisotopic (exact) mass is 374 g/mol. The fourth-order valence-electron chi connectivity index (χ4n) is 3.23. The van der Waals surface area contributed by atoms with E-state index in [9.17, 15) is 4.79 Å². The summed E-state index contributed by atoms with van der Waals surface area (Å²) in [5.74, 6) is 0.0359. The van der Waals surface area contributed by atoms with Gasteiger partial charge in [-0.15, -0.1) is 12.4 Å². The number of hydrogen-bond acceptors (Lipinski definition) is 4. The third-order valence-corrected chi connectivity index (χ3v) is 4.96. The zero-order chi connectivity index (χ0) is 16.4. The largest absolute Gasteiger partial charge is 0.369 e. The minimum Gasteiger partial charge on any atom is -0.369 e. The Hall–Kier alpha value is -0.850. The highest BCUT2D eigenvalue weighted by molar-refractivity contribution is 6.31. The Bertz CT molecular complexity index is 573. The zero-order valence-corrected chi connectivity index (χ0v) is 15.3. The van der Waals surface area contributed by atoms with Gasteiger partial charge in [-0.1, -0.05) is 29.8 Å². The van der Waals surface area contributed by atoms with Crippen LogP contribution < -0.4 is 5.73 Å². The fraction of sp³-hybridized carbons (Fsp3) is 0.588.